The van der Waals surface area contributed by atoms with E-state index in [0.29, 0.717) is 0 Å². The molecule has 0 saturated carbocycles. The SMILES string of the molecule is CC(NC1CCc2cc(F)c(Cl)cc21)c1nnc2n1CCCC2. The van der Waals surface area contributed by atoms with Gasteiger partial charge in [-0.25, -0.2) is 4.39 Å². The van der Waals surface area contributed by atoms with E-state index in [-0.39, 0.29) is 22.9 Å². The number of hydrogen-bond acceptors (Lipinski definition) is 3. The summed E-state index contributed by atoms with van der Waals surface area (Å²) >= 11 is 5.96. The van der Waals surface area contributed by atoms with E-state index in [0.717, 1.165) is 48.6 Å². The Morgan fingerprint density at radius 3 is 3.04 bits per heavy atom. The minimum absolute atomic E-state index is 0.106. The summed E-state index contributed by atoms with van der Waals surface area (Å²) in [6.07, 6.45) is 5.24. The van der Waals surface area contributed by atoms with Crippen molar-refractivity contribution in [2.45, 2.75) is 57.7 Å². The quantitative estimate of drug-likeness (QED) is 0.929. The maximum Gasteiger partial charge on any atom is 0.149 e. The average molecular weight is 335 g/mol. The zero-order valence-corrected chi connectivity index (χ0v) is 13.9. The lowest BCUT2D eigenvalue weighted by Crippen LogP contribution is -2.26. The molecule has 0 amide bonds. The summed E-state index contributed by atoms with van der Waals surface area (Å²) in [6.45, 7) is 3.12. The maximum absolute atomic E-state index is 13.6. The first kappa shape index (κ1) is 15.1. The van der Waals surface area contributed by atoms with E-state index < -0.39 is 0 Å². The van der Waals surface area contributed by atoms with Crippen LogP contribution in [0.25, 0.3) is 0 Å². The van der Waals surface area contributed by atoms with Crippen LogP contribution in [0, 0.1) is 5.82 Å². The van der Waals surface area contributed by atoms with Crippen molar-refractivity contribution in [3.05, 3.63) is 45.7 Å². The molecule has 2 unspecified atom stereocenters. The predicted molar refractivity (Wildman–Crippen MR) is 87.0 cm³/mol. The molecule has 1 aromatic carbocycles. The lowest BCUT2D eigenvalue weighted by molar-refractivity contribution is 0.420. The zero-order chi connectivity index (χ0) is 16.0. The third-order valence-electron chi connectivity index (χ3n) is 4.99. The van der Waals surface area contributed by atoms with Crippen LogP contribution in [-0.4, -0.2) is 14.8 Å². The van der Waals surface area contributed by atoms with Gasteiger partial charge >= 0.3 is 0 Å². The van der Waals surface area contributed by atoms with Crippen molar-refractivity contribution in [3.8, 4) is 0 Å². The maximum atomic E-state index is 13.6. The van der Waals surface area contributed by atoms with Gasteiger partial charge in [0.05, 0.1) is 11.1 Å². The minimum Gasteiger partial charge on any atom is -0.314 e. The molecule has 23 heavy (non-hydrogen) atoms. The van der Waals surface area contributed by atoms with Crippen molar-refractivity contribution in [3.63, 3.8) is 0 Å². The number of rotatable bonds is 3. The van der Waals surface area contributed by atoms with Gasteiger partial charge in [-0.1, -0.05) is 11.6 Å². The molecule has 0 fully saturated rings. The number of halogens is 2. The fourth-order valence-corrected chi connectivity index (χ4v) is 3.97. The molecule has 0 spiro atoms. The third kappa shape index (κ3) is 2.66. The Kier molecular flexibility index (Phi) is 3.85. The molecule has 0 radical (unpaired) electrons. The lowest BCUT2D eigenvalue weighted by Gasteiger charge is -2.22. The molecule has 4 rings (SSSR count). The minimum atomic E-state index is -0.328. The summed E-state index contributed by atoms with van der Waals surface area (Å²) in [6, 6.07) is 3.63. The highest BCUT2D eigenvalue weighted by Crippen LogP contribution is 2.36. The molecule has 122 valence electrons. The predicted octanol–water partition coefficient (Wildman–Crippen LogP) is 3.75. The summed E-state index contributed by atoms with van der Waals surface area (Å²) in [5.41, 5.74) is 2.17. The Hall–Kier alpha value is -1.46. The fraction of sp³-hybridized carbons (Fsp3) is 0.529. The molecule has 2 aliphatic rings. The van der Waals surface area contributed by atoms with Gasteiger partial charge in [0.1, 0.15) is 17.5 Å². The first-order valence-corrected chi connectivity index (χ1v) is 8.67. The van der Waals surface area contributed by atoms with Gasteiger partial charge in [-0.15, -0.1) is 10.2 Å². The van der Waals surface area contributed by atoms with E-state index in [4.69, 9.17) is 11.6 Å². The second-order valence-electron chi connectivity index (χ2n) is 6.53. The molecule has 6 heteroatoms. The first-order valence-electron chi connectivity index (χ1n) is 8.29. The number of benzene rings is 1. The summed E-state index contributed by atoms with van der Waals surface area (Å²) in [7, 11) is 0. The van der Waals surface area contributed by atoms with E-state index in [9.17, 15) is 4.39 Å². The second kappa shape index (κ2) is 5.87. The molecule has 0 bridgehead atoms. The van der Waals surface area contributed by atoms with E-state index in [1.165, 1.54) is 12.8 Å². The molecule has 1 aliphatic heterocycles. The van der Waals surface area contributed by atoms with Crippen LogP contribution in [0.15, 0.2) is 12.1 Å². The monoisotopic (exact) mass is 334 g/mol. The van der Waals surface area contributed by atoms with E-state index in [1.54, 1.807) is 12.1 Å². The fourth-order valence-electron chi connectivity index (χ4n) is 3.80. The number of nitrogens with zero attached hydrogens (tertiary/aromatic N) is 3. The second-order valence-corrected chi connectivity index (χ2v) is 6.94. The molecule has 4 nitrogen and oxygen atoms in total. The van der Waals surface area contributed by atoms with Crippen LogP contribution >= 0.6 is 11.6 Å². The van der Waals surface area contributed by atoms with Crippen LogP contribution < -0.4 is 5.32 Å². The van der Waals surface area contributed by atoms with E-state index in [1.807, 2.05) is 0 Å². The summed E-state index contributed by atoms with van der Waals surface area (Å²) < 4.78 is 15.8. The molecule has 1 aromatic heterocycles. The van der Waals surface area contributed by atoms with Crippen molar-refractivity contribution in [1.82, 2.24) is 20.1 Å². The summed E-state index contributed by atoms with van der Waals surface area (Å²) in [4.78, 5) is 0. The molecule has 1 aliphatic carbocycles. The van der Waals surface area contributed by atoms with Crippen molar-refractivity contribution < 1.29 is 4.39 Å². The van der Waals surface area contributed by atoms with E-state index >= 15 is 0 Å². The van der Waals surface area contributed by atoms with Crippen molar-refractivity contribution >= 4 is 11.6 Å². The van der Waals surface area contributed by atoms with Crippen LogP contribution in [0.4, 0.5) is 4.39 Å². The van der Waals surface area contributed by atoms with Crippen molar-refractivity contribution in [1.29, 1.82) is 0 Å². The van der Waals surface area contributed by atoms with Crippen LogP contribution in [0.5, 0.6) is 0 Å². The Morgan fingerprint density at radius 1 is 1.30 bits per heavy atom. The van der Waals surface area contributed by atoms with Gasteiger partial charge < -0.3 is 9.88 Å². The van der Waals surface area contributed by atoms with Gasteiger partial charge in [0.2, 0.25) is 0 Å². The van der Waals surface area contributed by atoms with Crippen LogP contribution in [0.1, 0.15) is 61.0 Å². The van der Waals surface area contributed by atoms with Crippen molar-refractivity contribution in [2.75, 3.05) is 0 Å². The average Bonchev–Trinajstić information content (AvgIpc) is 3.13. The van der Waals surface area contributed by atoms with E-state index in [2.05, 4.69) is 27.0 Å². The molecule has 0 saturated heterocycles. The number of aromatic nitrogens is 3. The highest BCUT2D eigenvalue weighted by atomic mass is 35.5. The Morgan fingerprint density at radius 2 is 2.17 bits per heavy atom. The number of hydrogen-bond donors (Lipinski definition) is 1. The number of fused-ring (bicyclic) bond motifs is 2. The highest BCUT2D eigenvalue weighted by Gasteiger charge is 2.28. The summed E-state index contributed by atoms with van der Waals surface area (Å²) in [5, 5.41) is 12.5. The molecular formula is C17H20ClFN4. The van der Waals surface area contributed by atoms with Gasteiger partial charge in [0.25, 0.3) is 0 Å². The number of aryl methyl sites for hydroxylation is 2. The van der Waals surface area contributed by atoms with Gasteiger partial charge in [-0.2, -0.15) is 0 Å². The third-order valence-corrected chi connectivity index (χ3v) is 5.28. The van der Waals surface area contributed by atoms with Gasteiger partial charge in [0.15, 0.2) is 0 Å². The lowest BCUT2D eigenvalue weighted by atomic mass is 10.1. The Bertz CT molecular complexity index is 742. The standard InChI is InChI=1S/C17H20ClFN4/c1-10(17-22-21-16-4-2-3-7-23(16)17)20-15-6-5-11-8-14(19)13(18)9-12(11)15/h8-10,15,20H,2-7H2,1H3. The van der Waals surface area contributed by atoms with Crippen LogP contribution in [0.3, 0.4) is 0 Å². The molecule has 2 aromatic rings. The summed E-state index contributed by atoms with van der Waals surface area (Å²) in [5.74, 6) is 1.77. The number of nitrogens with one attached hydrogen (secondary N) is 1. The normalized spacial score (nSPS) is 21.1. The van der Waals surface area contributed by atoms with Crippen molar-refractivity contribution in [2.24, 2.45) is 0 Å². The van der Waals surface area contributed by atoms with Crippen LogP contribution in [0.2, 0.25) is 5.02 Å². The zero-order valence-electron chi connectivity index (χ0n) is 13.1. The largest absolute Gasteiger partial charge is 0.314 e. The van der Waals surface area contributed by atoms with Gasteiger partial charge in [-0.3, -0.25) is 0 Å². The Labute approximate surface area is 140 Å². The molecular weight excluding hydrogens is 315 g/mol. The first-order chi connectivity index (χ1) is 11.1. The molecule has 2 heterocycles. The molecule has 1 N–H and O–H groups in total. The highest BCUT2D eigenvalue weighted by molar-refractivity contribution is 6.30. The topological polar surface area (TPSA) is 42.7 Å². The Balaban J connectivity index is 1.56. The van der Waals surface area contributed by atoms with Crippen LogP contribution in [-0.2, 0) is 19.4 Å². The van der Waals surface area contributed by atoms with Gasteiger partial charge in [0, 0.05) is 19.0 Å². The van der Waals surface area contributed by atoms with Gasteiger partial charge in [-0.05, 0) is 55.9 Å². The smallest absolute Gasteiger partial charge is 0.149 e. The molecule has 2 atom stereocenters.